The zero-order chi connectivity index (χ0) is 14.4. The average Bonchev–Trinajstić information content (AvgIpc) is 2.92. The molecule has 0 spiro atoms. The van der Waals surface area contributed by atoms with Crippen molar-refractivity contribution in [3.63, 3.8) is 0 Å². The normalized spacial score (nSPS) is 19.2. The van der Waals surface area contributed by atoms with Gasteiger partial charge in [-0.2, -0.15) is 0 Å². The summed E-state index contributed by atoms with van der Waals surface area (Å²) in [5, 5.41) is 1.10. The van der Waals surface area contributed by atoms with E-state index < -0.39 is 0 Å². The third kappa shape index (κ3) is 3.89. The minimum absolute atomic E-state index is 0.737. The van der Waals surface area contributed by atoms with Crippen molar-refractivity contribution in [1.82, 2.24) is 4.90 Å². The van der Waals surface area contributed by atoms with E-state index in [4.69, 9.17) is 9.47 Å². The van der Waals surface area contributed by atoms with Crippen LogP contribution in [0.25, 0.3) is 0 Å². The quantitative estimate of drug-likeness (QED) is 0.703. The topological polar surface area (TPSA) is 21.7 Å². The molecule has 112 valence electrons. The van der Waals surface area contributed by atoms with Crippen LogP contribution in [0.15, 0.2) is 18.2 Å². The molecule has 1 fully saturated rings. The fourth-order valence-electron chi connectivity index (χ4n) is 2.96. The monoisotopic (exact) mass is 341 g/mol. The molecule has 1 aliphatic rings. The highest BCUT2D eigenvalue weighted by Gasteiger charge is 2.24. The second kappa shape index (κ2) is 7.89. The molecule has 1 saturated heterocycles. The zero-order valence-electron chi connectivity index (χ0n) is 12.4. The Morgan fingerprint density at radius 2 is 2.05 bits per heavy atom. The van der Waals surface area contributed by atoms with E-state index in [-0.39, 0.29) is 0 Å². The number of methoxy groups -OCH3 is 2. The second-order valence-electron chi connectivity index (χ2n) is 5.29. The maximum absolute atomic E-state index is 5.38. The van der Waals surface area contributed by atoms with Crippen LogP contribution >= 0.6 is 15.9 Å². The molecule has 1 aromatic carbocycles. The minimum atomic E-state index is 0.737. The van der Waals surface area contributed by atoms with Gasteiger partial charge in [-0.25, -0.2) is 0 Å². The number of halogens is 1. The Morgan fingerprint density at radius 3 is 2.75 bits per heavy atom. The van der Waals surface area contributed by atoms with Crippen molar-refractivity contribution in [2.75, 3.05) is 26.1 Å². The van der Waals surface area contributed by atoms with Gasteiger partial charge in [0.05, 0.1) is 14.2 Å². The molecular formula is C16H24BrNO2. The van der Waals surface area contributed by atoms with Crippen molar-refractivity contribution in [2.24, 2.45) is 0 Å². The van der Waals surface area contributed by atoms with Gasteiger partial charge in [-0.3, -0.25) is 4.90 Å². The van der Waals surface area contributed by atoms with Gasteiger partial charge in [0.2, 0.25) is 0 Å². The van der Waals surface area contributed by atoms with Gasteiger partial charge in [0.1, 0.15) is 0 Å². The van der Waals surface area contributed by atoms with Crippen LogP contribution in [0.3, 0.4) is 0 Å². The van der Waals surface area contributed by atoms with Crippen LogP contribution in [0.4, 0.5) is 0 Å². The van der Waals surface area contributed by atoms with Crippen LogP contribution in [0.2, 0.25) is 0 Å². The number of likely N-dealkylation sites (tertiary alicyclic amines) is 1. The second-order valence-corrected chi connectivity index (χ2v) is 6.08. The van der Waals surface area contributed by atoms with E-state index in [0.717, 1.165) is 29.4 Å². The molecule has 0 N–H and O–H groups in total. The standard InChI is InChI=1S/C16H24BrNO2/c1-19-15-8-7-13(11-16(15)20-2)12-18-10-4-6-14(18)5-3-9-17/h7-8,11,14H,3-6,9-10,12H2,1-2H3. The first kappa shape index (κ1) is 15.6. The summed E-state index contributed by atoms with van der Waals surface area (Å²) in [7, 11) is 3.37. The Hall–Kier alpha value is -0.740. The molecule has 0 aromatic heterocycles. The average molecular weight is 342 g/mol. The summed E-state index contributed by atoms with van der Waals surface area (Å²) >= 11 is 3.53. The molecule has 1 aromatic rings. The molecule has 3 nitrogen and oxygen atoms in total. The summed E-state index contributed by atoms with van der Waals surface area (Å²) in [6, 6.07) is 6.97. The Kier molecular flexibility index (Phi) is 6.17. The third-order valence-electron chi connectivity index (χ3n) is 4.00. The fourth-order valence-corrected chi connectivity index (χ4v) is 3.28. The lowest BCUT2D eigenvalue weighted by Gasteiger charge is -2.24. The lowest BCUT2D eigenvalue weighted by molar-refractivity contribution is 0.233. The molecule has 0 radical (unpaired) electrons. The molecule has 1 unspecified atom stereocenters. The molecule has 0 aliphatic carbocycles. The molecule has 20 heavy (non-hydrogen) atoms. The molecule has 1 aliphatic heterocycles. The molecule has 1 heterocycles. The lowest BCUT2D eigenvalue weighted by atomic mass is 10.1. The highest BCUT2D eigenvalue weighted by atomic mass is 79.9. The zero-order valence-corrected chi connectivity index (χ0v) is 14.0. The first-order chi connectivity index (χ1) is 9.78. The van der Waals surface area contributed by atoms with E-state index in [2.05, 4.69) is 33.0 Å². The van der Waals surface area contributed by atoms with Crippen molar-refractivity contribution in [3.8, 4) is 11.5 Å². The van der Waals surface area contributed by atoms with E-state index in [1.165, 1.54) is 37.8 Å². The summed E-state index contributed by atoms with van der Waals surface area (Å²) in [5.41, 5.74) is 1.30. The highest BCUT2D eigenvalue weighted by molar-refractivity contribution is 9.09. The van der Waals surface area contributed by atoms with Gasteiger partial charge >= 0.3 is 0 Å². The minimum Gasteiger partial charge on any atom is -0.493 e. The summed E-state index contributed by atoms with van der Waals surface area (Å²) in [6.45, 7) is 2.22. The summed E-state index contributed by atoms with van der Waals surface area (Å²) in [4.78, 5) is 2.60. The van der Waals surface area contributed by atoms with Gasteiger partial charge < -0.3 is 9.47 Å². The van der Waals surface area contributed by atoms with Crippen LogP contribution in [-0.2, 0) is 6.54 Å². The summed E-state index contributed by atoms with van der Waals surface area (Å²) < 4.78 is 10.7. The predicted octanol–water partition coefficient (Wildman–Crippen LogP) is 3.84. The number of benzene rings is 1. The van der Waals surface area contributed by atoms with Gasteiger partial charge in [0, 0.05) is 17.9 Å². The molecule has 0 saturated carbocycles. The van der Waals surface area contributed by atoms with E-state index >= 15 is 0 Å². The number of rotatable bonds is 7. The summed E-state index contributed by atoms with van der Waals surface area (Å²) in [5.74, 6) is 1.62. The largest absolute Gasteiger partial charge is 0.493 e. The molecule has 4 heteroatoms. The number of alkyl halides is 1. The maximum Gasteiger partial charge on any atom is 0.161 e. The summed E-state index contributed by atoms with van der Waals surface area (Å²) in [6.07, 6.45) is 5.20. The van der Waals surface area contributed by atoms with Crippen molar-refractivity contribution in [2.45, 2.75) is 38.3 Å². The highest BCUT2D eigenvalue weighted by Crippen LogP contribution is 2.30. The van der Waals surface area contributed by atoms with Gasteiger partial charge in [0.15, 0.2) is 11.5 Å². The van der Waals surface area contributed by atoms with Gasteiger partial charge in [-0.15, -0.1) is 0 Å². The van der Waals surface area contributed by atoms with Gasteiger partial charge in [-0.1, -0.05) is 22.0 Å². The van der Waals surface area contributed by atoms with Crippen LogP contribution in [0.1, 0.15) is 31.2 Å². The number of nitrogens with zero attached hydrogens (tertiary/aromatic N) is 1. The number of hydrogen-bond acceptors (Lipinski definition) is 3. The maximum atomic E-state index is 5.38. The Morgan fingerprint density at radius 1 is 1.25 bits per heavy atom. The van der Waals surface area contributed by atoms with E-state index in [0.29, 0.717) is 0 Å². The Balaban J connectivity index is 2.01. The van der Waals surface area contributed by atoms with Crippen LogP contribution in [0.5, 0.6) is 11.5 Å². The van der Waals surface area contributed by atoms with E-state index in [1.807, 2.05) is 6.07 Å². The fraction of sp³-hybridized carbons (Fsp3) is 0.625. The van der Waals surface area contributed by atoms with Crippen molar-refractivity contribution < 1.29 is 9.47 Å². The van der Waals surface area contributed by atoms with Crippen LogP contribution in [0, 0.1) is 0 Å². The Labute approximate surface area is 130 Å². The SMILES string of the molecule is COc1ccc(CN2CCCC2CCCBr)cc1OC. The first-order valence-corrected chi connectivity index (χ1v) is 8.41. The van der Waals surface area contributed by atoms with E-state index in [9.17, 15) is 0 Å². The van der Waals surface area contributed by atoms with Crippen molar-refractivity contribution >= 4 is 15.9 Å². The Bertz CT molecular complexity index is 425. The van der Waals surface area contributed by atoms with Crippen molar-refractivity contribution in [1.29, 1.82) is 0 Å². The first-order valence-electron chi connectivity index (χ1n) is 7.29. The molecule has 2 rings (SSSR count). The number of hydrogen-bond donors (Lipinski definition) is 0. The van der Waals surface area contributed by atoms with Crippen LogP contribution in [-0.4, -0.2) is 37.0 Å². The predicted molar refractivity (Wildman–Crippen MR) is 86.0 cm³/mol. The molecule has 0 bridgehead atoms. The lowest BCUT2D eigenvalue weighted by Crippen LogP contribution is -2.28. The van der Waals surface area contributed by atoms with Crippen LogP contribution < -0.4 is 9.47 Å². The third-order valence-corrected chi connectivity index (χ3v) is 4.56. The smallest absolute Gasteiger partial charge is 0.161 e. The van der Waals surface area contributed by atoms with Gasteiger partial charge in [0.25, 0.3) is 0 Å². The van der Waals surface area contributed by atoms with Gasteiger partial charge in [-0.05, 0) is 49.9 Å². The number of ether oxygens (including phenoxy) is 2. The van der Waals surface area contributed by atoms with Crippen molar-refractivity contribution in [3.05, 3.63) is 23.8 Å². The molecule has 0 amide bonds. The van der Waals surface area contributed by atoms with E-state index in [1.54, 1.807) is 14.2 Å². The molecular weight excluding hydrogens is 318 g/mol. The molecule has 1 atom stereocenters.